The van der Waals surface area contributed by atoms with Crippen molar-refractivity contribution < 1.29 is 0 Å². The topological polar surface area (TPSA) is 23.9 Å². The van der Waals surface area contributed by atoms with Crippen LogP contribution >= 0.6 is 0 Å². The second-order valence-corrected chi connectivity index (χ2v) is 2.66. The molecule has 0 aliphatic rings. The van der Waals surface area contributed by atoms with Gasteiger partial charge in [-0.2, -0.15) is 0 Å². The van der Waals surface area contributed by atoms with Crippen LogP contribution in [0.25, 0.3) is 0 Å². The summed E-state index contributed by atoms with van der Waals surface area (Å²) < 4.78 is 0. The van der Waals surface area contributed by atoms with Crippen LogP contribution in [0.4, 0.5) is 0 Å². The smallest absolute Gasteiger partial charge is 0.00891 e. The lowest BCUT2D eigenvalue weighted by Gasteiger charge is -1.98. The minimum Gasteiger partial charge on any atom is -0.310 e. The highest BCUT2D eigenvalue weighted by Gasteiger charge is 1.92. The summed E-state index contributed by atoms with van der Waals surface area (Å²) in [6.45, 7) is 5.86. The van der Waals surface area contributed by atoms with Crippen LogP contribution in [0.5, 0.6) is 0 Å². The lowest BCUT2D eigenvalue weighted by molar-refractivity contribution is 0.680. The van der Waals surface area contributed by atoms with Gasteiger partial charge in [0.25, 0.3) is 0 Å². The first kappa shape index (κ1) is 9.67. The molecule has 0 aromatic carbocycles. The first-order chi connectivity index (χ1) is 4.81. The molecule has 0 aromatic rings. The van der Waals surface area contributed by atoms with Crippen molar-refractivity contribution in [1.29, 1.82) is 5.41 Å². The van der Waals surface area contributed by atoms with E-state index in [1.165, 1.54) is 25.7 Å². The molecule has 0 unspecified atom stereocenters. The summed E-state index contributed by atoms with van der Waals surface area (Å²) in [6.07, 6.45) is 6.69. The van der Waals surface area contributed by atoms with Crippen molar-refractivity contribution in [3.05, 3.63) is 6.92 Å². The Morgan fingerprint density at radius 1 is 1.30 bits per heavy atom. The van der Waals surface area contributed by atoms with Crippen LogP contribution in [0.15, 0.2) is 0 Å². The van der Waals surface area contributed by atoms with Crippen molar-refractivity contribution >= 4 is 5.71 Å². The van der Waals surface area contributed by atoms with Gasteiger partial charge in [0.05, 0.1) is 0 Å². The highest BCUT2D eigenvalue weighted by Crippen LogP contribution is 2.03. The SMILES string of the molecule is [CH2]CC(=N)CCCCCC. The summed E-state index contributed by atoms with van der Waals surface area (Å²) in [6, 6.07) is 0. The van der Waals surface area contributed by atoms with Gasteiger partial charge in [0, 0.05) is 5.71 Å². The van der Waals surface area contributed by atoms with Crippen molar-refractivity contribution in [1.82, 2.24) is 0 Å². The van der Waals surface area contributed by atoms with E-state index >= 15 is 0 Å². The second-order valence-electron chi connectivity index (χ2n) is 2.66. The zero-order valence-corrected chi connectivity index (χ0v) is 6.95. The summed E-state index contributed by atoms with van der Waals surface area (Å²) in [5.41, 5.74) is 0.802. The van der Waals surface area contributed by atoms with Gasteiger partial charge < -0.3 is 5.41 Å². The first-order valence-electron chi connectivity index (χ1n) is 4.16. The molecule has 0 atom stereocenters. The van der Waals surface area contributed by atoms with Gasteiger partial charge in [-0.3, -0.25) is 0 Å². The number of unbranched alkanes of at least 4 members (excludes halogenated alkanes) is 3. The average Bonchev–Trinajstić information content (AvgIpc) is 1.98. The fourth-order valence-corrected chi connectivity index (χ4v) is 0.890. The molecule has 1 heteroatoms. The van der Waals surface area contributed by atoms with Crippen LogP contribution in [0.2, 0.25) is 0 Å². The Morgan fingerprint density at radius 2 is 2.00 bits per heavy atom. The molecular weight excluding hydrogens is 122 g/mol. The summed E-state index contributed by atoms with van der Waals surface area (Å²) in [5, 5.41) is 7.31. The highest BCUT2D eigenvalue weighted by molar-refractivity contribution is 5.81. The van der Waals surface area contributed by atoms with E-state index in [0.717, 1.165) is 12.1 Å². The molecule has 0 saturated heterocycles. The maximum absolute atomic E-state index is 7.31. The van der Waals surface area contributed by atoms with E-state index in [-0.39, 0.29) is 0 Å². The minimum atomic E-state index is 0.687. The second kappa shape index (κ2) is 6.79. The van der Waals surface area contributed by atoms with Crippen LogP contribution in [0, 0.1) is 12.3 Å². The van der Waals surface area contributed by atoms with E-state index in [2.05, 4.69) is 13.8 Å². The summed E-state index contributed by atoms with van der Waals surface area (Å²) in [5.74, 6) is 0. The number of rotatable bonds is 6. The van der Waals surface area contributed by atoms with E-state index in [0.29, 0.717) is 6.42 Å². The largest absolute Gasteiger partial charge is 0.310 e. The lowest BCUT2D eigenvalue weighted by Crippen LogP contribution is -1.92. The molecule has 59 valence electrons. The summed E-state index contributed by atoms with van der Waals surface area (Å²) >= 11 is 0. The van der Waals surface area contributed by atoms with Gasteiger partial charge in [-0.15, -0.1) is 0 Å². The highest BCUT2D eigenvalue weighted by atomic mass is 14.4. The first-order valence-corrected chi connectivity index (χ1v) is 4.16. The zero-order chi connectivity index (χ0) is 7.82. The normalized spacial score (nSPS) is 9.80. The Hall–Kier alpha value is -0.330. The van der Waals surface area contributed by atoms with Crippen molar-refractivity contribution in [2.75, 3.05) is 0 Å². The maximum atomic E-state index is 7.31. The number of nitrogens with one attached hydrogen (secondary N) is 1. The molecule has 0 bridgehead atoms. The predicted molar refractivity (Wildman–Crippen MR) is 46.5 cm³/mol. The molecule has 0 fully saturated rings. The zero-order valence-electron chi connectivity index (χ0n) is 6.95. The van der Waals surface area contributed by atoms with Crippen LogP contribution < -0.4 is 0 Å². The molecule has 0 aliphatic carbocycles. The number of hydrogen-bond donors (Lipinski definition) is 1. The van der Waals surface area contributed by atoms with Crippen molar-refractivity contribution in [2.24, 2.45) is 0 Å². The molecule has 0 saturated carbocycles. The Morgan fingerprint density at radius 3 is 2.50 bits per heavy atom. The minimum absolute atomic E-state index is 0.687. The van der Waals surface area contributed by atoms with Gasteiger partial charge in [-0.05, 0) is 26.2 Å². The molecule has 0 aliphatic heterocycles. The predicted octanol–water partition coefficient (Wildman–Crippen LogP) is 3.20. The molecule has 10 heavy (non-hydrogen) atoms. The third kappa shape index (κ3) is 5.80. The van der Waals surface area contributed by atoms with E-state index in [4.69, 9.17) is 5.41 Å². The van der Waals surface area contributed by atoms with Crippen LogP contribution in [-0.2, 0) is 0 Å². The maximum Gasteiger partial charge on any atom is 0.00891 e. The van der Waals surface area contributed by atoms with Gasteiger partial charge in [-0.25, -0.2) is 0 Å². The molecule has 0 aromatic heterocycles. The summed E-state index contributed by atoms with van der Waals surface area (Å²) in [7, 11) is 0. The molecule has 0 rings (SSSR count). The van der Waals surface area contributed by atoms with Gasteiger partial charge in [-0.1, -0.05) is 26.2 Å². The lowest BCUT2D eigenvalue weighted by atomic mass is 10.1. The van der Waals surface area contributed by atoms with Gasteiger partial charge in [0.1, 0.15) is 0 Å². The van der Waals surface area contributed by atoms with E-state index < -0.39 is 0 Å². The van der Waals surface area contributed by atoms with Crippen molar-refractivity contribution in [3.8, 4) is 0 Å². The quantitative estimate of drug-likeness (QED) is 0.433. The van der Waals surface area contributed by atoms with E-state index in [1.54, 1.807) is 0 Å². The Labute approximate surface area is 64.3 Å². The fourth-order valence-electron chi connectivity index (χ4n) is 0.890. The molecule has 0 amide bonds. The molecule has 1 nitrogen and oxygen atoms in total. The van der Waals surface area contributed by atoms with Crippen LogP contribution in [-0.4, -0.2) is 5.71 Å². The Balaban J connectivity index is 2.96. The van der Waals surface area contributed by atoms with Gasteiger partial charge in [0.2, 0.25) is 0 Å². The fraction of sp³-hybridized carbons (Fsp3) is 0.778. The summed E-state index contributed by atoms with van der Waals surface area (Å²) in [4.78, 5) is 0. The van der Waals surface area contributed by atoms with Gasteiger partial charge in [0.15, 0.2) is 0 Å². The molecular formula is C9H18N. The van der Waals surface area contributed by atoms with Crippen LogP contribution in [0.3, 0.4) is 0 Å². The molecule has 0 heterocycles. The third-order valence-electron chi connectivity index (χ3n) is 1.63. The van der Waals surface area contributed by atoms with Crippen LogP contribution in [0.1, 0.15) is 45.4 Å². The monoisotopic (exact) mass is 140 g/mol. The van der Waals surface area contributed by atoms with E-state index in [9.17, 15) is 0 Å². The standard InChI is InChI=1S/C9H18N/c1-3-5-6-7-8-9(10)4-2/h10H,2-8H2,1H3. The molecule has 1 radical (unpaired) electrons. The third-order valence-corrected chi connectivity index (χ3v) is 1.63. The molecule has 0 spiro atoms. The Bertz CT molecular complexity index is 86.7. The van der Waals surface area contributed by atoms with Crippen molar-refractivity contribution in [2.45, 2.75) is 45.4 Å². The van der Waals surface area contributed by atoms with E-state index in [1.807, 2.05) is 0 Å². The average molecular weight is 140 g/mol. The Kier molecular flexibility index (Phi) is 6.56. The van der Waals surface area contributed by atoms with Gasteiger partial charge >= 0.3 is 0 Å². The number of hydrogen-bond acceptors (Lipinski definition) is 1. The molecule has 1 N–H and O–H groups in total. The van der Waals surface area contributed by atoms with Crippen molar-refractivity contribution in [3.63, 3.8) is 0 Å².